The second-order valence-corrected chi connectivity index (χ2v) is 3.34. The minimum atomic E-state index is 0.352. The Morgan fingerprint density at radius 2 is 2.27 bits per heavy atom. The van der Waals surface area contributed by atoms with Gasteiger partial charge in [0.2, 0.25) is 0 Å². The van der Waals surface area contributed by atoms with Crippen molar-refractivity contribution in [3.8, 4) is 0 Å². The molecule has 0 aromatic carbocycles. The van der Waals surface area contributed by atoms with Gasteiger partial charge in [0.1, 0.15) is 0 Å². The Morgan fingerprint density at radius 1 is 1.36 bits per heavy atom. The summed E-state index contributed by atoms with van der Waals surface area (Å²) in [5.74, 6) is 0.754. The molecule has 64 valence electrons. The second-order valence-electron chi connectivity index (χ2n) is 3.34. The number of aliphatic hydroxyl groups excluding tert-OH is 1. The molecule has 0 fully saturated rings. The minimum Gasteiger partial charge on any atom is -0.396 e. The van der Waals surface area contributed by atoms with E-state index in [-0.39, 0.29) is 0 Å². The lowest BCUT2D eigenvalue weighted by molar-refractivity contribution is 0.275. The fourth-order valence-electron chi connectivity index (χ4n) is 1.65. The average Bonchev–Trinajstić information content (AvgIpc) is 2.28. The molecular formula is C10H18O. The van der Waals surface area contributed by atoms with Gasteiger partial charge in [0, 0.05) is 6.61 Å². The number of hydrogen-bond acceptors (Lipinski definition) is 1. The lowest BCUT2D eigenvalue weighted by Crippen LogP contribution is -1.96. The Hall–Kier alpha value is -0.300. The van der Waals surface area contributed by atoms with Gasteiger partial charge in [-0.05, 0) is 38.0 Å². The van der Waals surface area contributed by atoms with Crippen LogP contribution in [0.2, 0.25) is 0 Å². The summed E-state index contributed by atoms with van der Waals surface area (Å²) in [6.07, 6.45) is 12.1. The number of hydrogen-bond donors (Lipinski definition) is 1. The number of allylic oxidation sites excluding steroid dienone is 2. The maximum absolute atomic E-state index is 8.64. The third-order valence-corrected chi connectivity index (χ3v) is 2.34. The molecule has 0 aliphatic heterocycles. The Balaban J connectivity index is 2.19. The van der Waals surface area contributed by atoms with E-state index < -0.39 is 0 Å². The van der Waals surface area contributed by atoms with Crippen LogP contribution in [-0.4, -0.2) is 11.7 Å². The molecule has 0 radical (unpaired) electrons. The summed E-state index contributed by atoms with van der Waals surface area (Å²) in [7, 11) is 0. The van der Waals surface area contributed by atoms with Crippen LogP contribution in [0.15, 0.2) is 12.2 Å². The zero-order valence-corrected chi connectivity index (χ0v) is 7.13. The summed E-state index contributed by atoms with van der Waals surface area (Å²) in [6.45, 7) is 0.352. The van der Waals surface area contributed by atoms with E-state index in [1.54, 1.807) is 0 Å². The molecule has 1 aliphatic carbocycles. The van der Waals surface area contributed by atoms with Gasteiger partial charge in [-0.3, -0.25) is 0 Å². The zero-order chi connectivity index (χ0) is 7.94. The van der Waals surface area contributed by atoms with Crippen molar-refractivity contribution in [1.82, 2.24) is 0 Å². The van der Waals surface area contributed by atoms with Crippen molar-refractivity contribution >= 4 is 0 Å². The molecule has 1 N–H and O–H groups in total. The highest BCUT2D eigenvalue weighted by atomic mass is 16.2. The molecule has 1 nitrogen and oxygen atoms in total. The van der Waals surface area contributed by atoms with Gasteiger partial charge in [-0.1, -0.05) is 18.6 Å². The predicted molar refractivity (Wildman–Crippen MR) is 47.4 cm³/mol. The van der Waals surface area contributed by atoms with Gasteiger partial charge in [-0.25, -0.2) is 0 Å². The molecule has 1 unspecified atom stereocenters. The lowest BCUT2D eigenvalue weighted by atomic mass is 9.98. The normalized spacial score (nSPS) is 25.0. The maximum atomic E-state index is 8.64. The second kappa shape index (κ2) is 5.36. The van der Waals surface area contributed by atoms with Gasteiger partial charge >= 0.3 is 0 Å². The van der Waals surface area contributed by atoms with Gasteiger partial charge in [-0.2, -0.15) is 0 Å². The van der Waals surface area contributed by atoms with Crippen LogP contribution < -0.4 is 0 Å². The van der Waals surface area contributed by atoms with Crippen molar-refractivity contribution in [3.05, 3.63) is 12.2 Å². The smallest absolute Gasteiger partial charge is 0.0431 e. The fraction of sp³-hybridized carbons (Fsp3) is 0.800. The van der Waals surface area contributed by atoms with Crippen molar-refractivity contribution in [1.29, 1.82) is 0 Å². The van der Waals surface area contributed by atoms with Crippen LogP contribution in [0.1, 0.15) is 38.5 Å². The van der Waals surface area contributed by atoms with Gasteiger partial charge in [0.25, 0.3) is 0 Å². The molecule has 0 spiro atoms. The summed E-state index contributed by atoms with van der Waals surface area (Å²) in [6, 6.07) is 0. The Morgan fingerprint density at radius 3 is 3.09 bits per heavy atom. The molecule has 0 aromatic heterocycles. The van der Waals surface area contributed by atoms with Crippen molar-refractivity contribution in [2.24, 2.45) is 5.92 Å². The first-order chi connectivity index (χ1) is 5.43. The Labute approximate surface area is 69.1 Å². The molecule has 0 aromatic rings. The summed E-state index contributed by atoms with van der Waals surface area (Å²) in [5, 5.41) is 8.64. The van der Waals surface area contributed by atoms with Crippen LogP contribution in [-0.2, 0) is 0 Å². The molecule has 1 heteroatoms. The molecule has 0 saturated heterocycles. The van der Waals surface area contributed by atoms with Gasteiger partial charge in [0.05, 0.1) is 0 Å². The Kier molecular flexibility index (Phi) is 4.29. The van der Waals surface area contributed by atoms with Crippen LogP contribution in [0.25, 0.3) is 0 Å². The third-order valence-electron chi connectivity index (χ3n) is 2.34. The van der Waals surface area contributed by atoms with Crippen molar-refractivity contribution < 1.29 is 5.11 Å². The van der Waals surface area contributed by atoms with Crippen LogP contribution in [0.5, 0.6) is 0 Å². The van der Waals surface area contributed by atoms with E-state index in [0.29, 0.717) is 6.61 Å². The van der Waals surface area contributed by atoms with Crippen LogP contribution in [0, 0.1) is 5.92 Å². The molecule has 1 aliphatic rings. The Bertz CT molecular complexity index is 118. The first kappa shape index (κ1) is 8.79. The minimum absolute atomic E-state index is 0.352. The van der Waals surface area contributed by atoms with Gasteiger partial charge < -0.3 is 5.11 Å². The topological polar surface area (TPSA) is 20.2 Å². The number of aliphatic hydroxyl groups is 1. The summed E-state index contributed by atoms with van der Waals surface area (Å²) in [5.41, 5.74) is 0. The van der Waals surface area contributed by atoms with E-state index in [0.717, 1.165) is 12.3 Å². The van der Waals surface area contributed by atoms with E-state index in [2.05, 4.69) is 12.2 Å². The molecule has 1 rings (SSSR count). The van der Waals surface area contributed by atoms with Gasteiger partial charge in [0.15, 0.2) is 0 Å². The summed E-state index contributed by atoms with van der Waals surface area (Å²) in [4.78, 5) is 0. The van der Waals surface area contributed by atoms with Gasteiger partial charge in [-0.15, -0.1) is 0 Å². The van der Waals surface area contributed by atoms with Crippen molar-refractivity contribution in [2.45, 2.75) is 38.5 Å². The van der Waals surface area contributed by atoms with Crippen LogP contribution >= 0.6 is 0 Å². The largest absolute Gasteiger partial charge is 0.396 e. The molecule has 0 bridgehead atoms. The standard InChI is InChI=1S/C10H18O/c11-9-5-8-10-6-3-1-2-4-7-10/h3,6,10-11H,1-2,4-5,7-9H2. The average molecular weight is 154 g/mol. The third kappa shape index (κ3) is 3.57. The highest BCUT2D eigenvalue weighted by molar-refractivity contribution is 4.90. The van der Waals surface area contributed by atoms with Crippen LogP contribution in [0.3, 0.4) is 0 Å². The molecule has 0 amide bonds. The molecule has 0 saturated carbocycles. The highest BCUT2D eigenvalue weighted by Gasteiger charge is 2.05. The maximum Gasteiger partial charge on any atom is 0.0431 e. The van der Waals surface area contributed by atoms with E-state index >= 15 is 0 Å². The molecule has 0 heterocycles. The number of rotatable bonds is 3. The van der Waals surface area contributed by atoms with E-state index in [9.17, 15) is 0 Å². The lowest BCUT2D eigenvalue weighted by Gasteiger charge is -2.08. The summed E-state index contributed by atoms with van der Waals surface area (Å²) >= 11 is 0. The van der Waals surface area contributed by atoms with E-state index in [4.69, 9.17) is 5.11 Å². The van der Waals surface area contributed by atoms with Crippen LogP contribution in [0.4, 0.5) is 0 Å². The first-order valence-electron chi connectivity index (χ1n) is 4.71. The van der Waals surface area contributed by atoms with E-state index in [1.165, 1.54) is 32.1 Å². The molecule has 11 heavy (non-hydrogen) atoms. The molecular weight excluding hydrogens is 136 g/mol. The predicted octanol–water partition coefficient (Wildman–Crippen LogP) is 2.51. The first-order valence-corrected chi connectivity index (χ1v) is 4.71. The van der Waals surface area contributed by atoms with E-state index in [1.807, 2.05) is 0 Å². The zero-order valence-electron chi connectivity index (χ0n) is 7.13. The fourth-order valence-corrected chi connectivity index (χ4v) is 1.65. The van der Waals surface area contributed by atoms with Crippen molar-refractivity contribution in [3.63, 3.8) is 0 Å². The summed E-state index contributed by atoms with van der Waals surface area (Å²) < 4.78 is 0. The molecule has 1 atom stereocenters. The SMILES string of the molecule is OCCCC1C=CCCCC1. The monoisotopic (exact) mass is 154 g/mol. The van der Waals surface area contributed by atoms with Crippen molar-refractivity contribution in [2.75, 3.05) is 6.61 Å². The quantitative estimate of drug-likeness (QED) is 0.619. The highest BCUT2D eigenvalue weighted by Crippen LogP contribution is 2.20.